The van der Waals surface area contributed by atoms with Crippen LogP contribution in [0.4, 0.5) is 0 Å². The van der Waals surface area contributed by atoms with Crippen molar-refractivity contribution >= 4 is 0 Å². The van der Waals surface area contributed by atoms with Crippen molar-refractivity contribution < 1.29 is 4.74 Å². The zero-order valence-electron chi connectivity index (χ0n) is 12.0. The van der Waals surface area contributed by atoms with Crippen molar-refractivity contribution in [2.75, 3.05) is 6.61 Å². The average molecular weight is 244 g/mol. The summed E-state index contributed by atoms with van der Waals surface area (Å²) in [6, 6.07) is 8.91. The van der Waals surface area contributed by atoms with Crippen molar-refractivity contribution in [2.45, 2.75) is 51.6 Å². The number of hydrogen-bond donors (Lipinski definition) is 0. The number of benzene rings is 1. The lowest BCUT2D eigenvalue weighted by Gasteiger charge is -2.48. The molecule has 0 spiro atoms. The molecule has 1 aliphatic rings. The van der Waals surface area contributed by atoms with E-state index in [1.165, 1.54) is 11.1 Å². The largest absolute Gasteiger partial charge is 0.374 e. The van der Waals surface area contributed by atoms with Gasteiger partial charge >= 0.3 is 0 Å². The molecule has 0 saturated carbocycles. The van der Waals surface area contributed by atoms with E-state index in [1.807, 2.05) is 0 Å². The van der Waals surface area contributed by atoms with Crippen LogP contribution in [0.15, 0.2) is 36.4 Å². The molecule has 1 nitrogen and oxygen atoms in total. The minimum absolute atomic E-state index is 0.00764. The lowest BCUT2D eigenvalue weighted by Crippen LogP contribution is -2.51. The van der Waals surface area contributed by atoms with Gasteiger partial charge in [-0.25, -0.2) is 0 Å². The number of ether oxygens (including phenoxy) is 1. The lowest BCUT2D eigenvalue weighted by molar-refractivity contribution is -0.0951. The predicted octanol–water partition coefficient (Wildman–Crippen LogP) is 4.40. The molecule has 1 aromatic rings. The zero-order valence-corrected chi connectivity index (χ0v) is 12.0. The molecule has 1 heterocycles. The molecule has 1 saturated heterocycles. The van der Waals surface area contributed by atoms with Crippen molar-refractivity contribution in [3.63, 3.8) is 0 Å². The van der Waals surface area contributed by atoms with Gasteiger partial charge in [0.1, 0.15) is 0 Å². The second kappa shape index (κ2) is 4.89. The van der Waals surface area contributed by atoms with Gasteiger partial charge in [-0.15, -0.1) is 0 Å². The zero-order chi connectivity index (χ0) is 13.2. The first-order valence-corrected chi connectivity index (χ1v) is 6.87. The highest BCUT2D eigenvalue weighted by Crippen LogP contribution is 2.46. The quantitative estimate of drug-likeness (QED) is 0.701. The Morgan fingerprint density at radius 1 is 1.17 bits per heavy atom. The molecule has 0 aliphatic carbocycles. The standard InChI is InChI=1S/C17H24O/c1-5-11-17(12-6-13-18-16(17,3)4)15-9-7-14(2)8-10-15/h5,7-11H,6,12-13H2,1-4H3. The van der Waals surface area contributed by atoms with Crippen LogP contribution >= 0.6 is 0 Å². The summed E-state index contributed by atoms with van der Waals surface area (Å²) in [5.41, 5.74) is 2.54. The molecule has 1 aromatic carbocycles. The van der Waals surface area contributed by atoms with Crippen molar-refractivity contribution in [2.24, 2.45) is 0 Å². The van der Waals surface area contributed by atoms with Crippen LogP contribution in [0.1, 0.15) is 44.7 Å². The van der Waals surface area contributed by atoms with E-state index in [1.54, 1.807) is 0 Å². The first kappa shape index (κ1) is 13.4. The molecule has 1 atom stereocenters. The number of hydrogen-bond acceptors (Lipinski definition) is 1. The first-order valence-electron chi connectivity index (χ1n) is 6.87. The Labute approximate surface area is 111 Å². The molecular formula is C17H24O. The summed E-state index contributed by atoms with van der Waals surface area (Å²) in [5, 5.41) is 0. The van der Waals surface area contributed by atoms with Crippen LogP contribution in [0.2, 0.25) is 0 Å². The minimum Gasteiger partial charge on any atom is -0.374 e. The second-order valence-corrected chi connectivity index (χ2v) is 5.80. The Bertz CT molecular complexity index is 427. The van der Waals surface area contributed by atoms with Crippen LogP contribution in [0.3, 0.4) is 0 Å². The van der Waals surface area contributed by atoms with Crippen LogP contribution in [0.5, 0.6) is 0 Å². The summed E-state index contributed by atoms with van der Waals surface area (Å²) in [6.07, 6.45) is 6.78. The summed E-state index contributed by atoms with van der Waals surface area (Å²) < 4.78 is 6.07. The normalized spacial score (nSPS) is 27.6. The molecule has 1 fully saturated rings. The summed E-state index contributed by atoms with van der Waals surface area (Å²) in [5.74, 6) is 0. The molecule has 0 amide bonds. The van der Waals surface area contributed by atoms with E-state index in [0.717, 1.165) is 19.4 Å². The third-order valence-electron chi connectivity index (χ3n) is 4.27. The van der Waals surface area contributed by atoms with Gasteiger partial charge in [0, 0.05) is 12.0 Å². The number of rotatable bonds is 2. The summed E-state index contributed by atoms with van der Waals surface area (Å²) >= 11 is 0. The van der Waals surface area contributed by atoms with E-state index in [2.05, 4.69) is 64.1 Å². The lowest BCUT2D eigenvalue weighted by atomic mass is 9.64. The molecule has 1 aliphatic heterocycles. The highest BCUT2D eigenvalue weighted by molar-refractivity contribution is 5.37. The fraction of sp³-hybridized carbons (Fsp3) is 0.529. The van der Waals surface area contributed by atoms with Gasteiger partial charge in [-0.1, -0.05) is 42.0 Å². The smallest absolute Gasteiger partial charge is 0.0757 e. The molecule has 0 bridgehead atoms. The fourth-order valence-electron chi connectivity index (χ4n) is 3.12. The maximum absolute atomic E-state index is 6.07. The van der Waals surface area contributed by atoms with Gasteiger partial charge in [-0.3, -0.25) is 0 Å². The SMILES string of the molecule is CC=CC1(c2ccc(C)cc2)CCCOC1(C)C. The molecule has 1 unspecified atom stereocenters. The summed E-state index contributed by atoms with van der Waals surface area (Å²) in [4.78, 5) is 0. The number of aryl methyl sites for hydroxylation is 1. The Balaban J connectivity index is 2.52. The topological polar surface area (TPSA) is 9.23 Å². The van der Waals surface area contributed by atoms with Gasteiger partial charge in [-0.05, 0) is 46.1 Å². The van der Waals surface area contributed by atoms with Gasteiger partial charge in [0.15, 0.2) is 0 Å². The van der Waals surface area contributed by atoms with E-state index in [-0.39, 0.29) is 11.0 Å². The fourth-order valence-corrected chi connectivity index (χ4v) is 3.12. The van der Waals surface area contributed by atoms with Crippen LogP contribution in [-0.2, 0) is 10.2 Å². The van der Waals surface area contributed by atoms with E-state index < -0.39 is 0 Å². The Morgan fingerprint density at radius 2 is 1.83 bits per heavy atom. The molecule has 1 heteroatoms. The van der Waals surface area contributed by atoms with E-state index in [4.69, 9.17) is 4.74 Å². The molecule has 18 heavy (non-hydrogen) atoms. The van der Waals surface area contributed by atoms with Crippen LogP contribution in [-0.4, -0.2) is 12.2 Å². The third kappa shape index (κ3) is 2.12. The predicted molar refractivity (Wildman–Crippen MR) is 76.9 cm³/mol. The van der Waals surface area contributed by atoms with Gasteiger partial charge < -0.3 is 4.74 Å². The van der Waals surface area contributed by atoms with Crippen molar-refractivity contribution in [3.05, 3.63) is 47.5 Å². The van der Waals surface area contributed by atoms with E-state index in [0.29, 0.717) is 0 Å². The molecule has 2 rings (SSSR count). The number of allylic oxidation sites excluding steroid dienone is 1. The monoisotopic (exact) mass is 244 g/mol. The molecule has 98 valence electrons. The first-order chi connectivity index (χ1) is 8.52. The van der Waals surface area contributed by atoms with Crippen LogP contribution in [0.25, 0.3) is 0 Å². The van der Waals surface area contributed by atoms with Crippen molar-refractivity contribution in [3.8, 4) is 0 Å². The Morgan fingerprint density at radius 3 is 2.39 bits per heavy atom. The Hall–Kier alpha value is -1.08. The Kier molecular flexibility index (Phi) is 3.63. The second-order valence-electron chi connectivity index (χ2n) is 5.80. The molecule has 0 N–H and O–H groups in total. The van der Waals surface area contributed by atoms with Crippen molar-refractivity contribution in [1.82, 2.24) is 0 Å². The van der Waals surface area contributed by atoms with Crippen LogP contribution in [0, 0.1) is 6.92 Å². The maximum atomic E-state index is 6.07. The molecular weight excluding hydrogens is 220 g/mol. The average Bonchev–Trinajstić information content (AvgIpc) is 2.33. The van der Waals surface area contributed by atoms with Gasteiger partial charge in [0.05, 0.1) is 5.60 Å². The van der Waals surface area contributed by atoms with Crippen molar-refractivity contribution in [1.29, 1.82) is 0 Å². The third-order valence-corrected chi connectivity index (χ3v) is 4.27. The van der Waals surface area contributed by atoms with Crippen LogP contribution < -0.4 is 0 Å². The molecule has 0 radical (unpaired) electrons. The van der Waals surface area contributed by atoms with Gasteiger partial charge in [0.25, 0.3) is 0 Å². The van der Waals surface area contributed by atoms with Gasteiger partial charge in [0.2, 0.25) is 0 Å². The van der Waals surface area contributed by atoms with E-state index in [9.17, 15) is 0 Å². The van der Waals surface area contributed by atoms with E-state index >= 15 is 0 Å². The van der Waals surface area contributed by atoms with Gasteiger partial charge in [-0.2, -0.15) is 0 Å². The summed E-state index contributed by atoms with van der Waals surface area (Å²) in [7, 11) is 0. The maximum Gasteiger partial charge on any atom is 0.0757 e. The highest BCUT2D eigenvalue weighted by atomic mass is 16.5. The minimum atomic E-state index is -0.146. The summed E-state index contributed by atoms with van der Waals surface area (Å²) in [6.45, 7) is 9.53. The highest BCUT2D eigenvalue weighted by Gasteiger charge is 2.47. The molecule has 0 aromatic heterocycles.